The van der Waals surface area contributed by atoms with Crippen molar-refractivity contribution in [3.63, 3.8) is 0 Å². The third-order valence-electron chi connectivity index (χ3n) is 6.71. The number of ether oxygens (including phenoxy) is 1. The molecule has 3 aliphatic carbocycles. The Kier molecular flexibility index (Phi) is 2.58. The molecule has 3 saturated carbocycles. The molecule has 5 atom stereocenters. The molecule has 1 saturated heterocycles. The molecular weight excluding hydrogens is 270 g/mol. The van der Waals surface area contributed by atoms with Gasteiger partial charge in [-0.15, -0.1) is 0 Å². The first-order valence-corrected chi connectivity index (χ1v) is 8.04. The molecule has 4 rings (SSSR count). The van der Waals surface area contributed by atoms with Gasteiger partial charge in [-0.3, -0.25) is 9.59 Å². The SMILES string of the molecule is CC1(C)[C@H](C(=O)O)[C@@H]1C(=O)NC1C2CCOC2C12CCC2. The van der Waals surface area contributed by atoms with E-state index in [0.29, 0.717) is 12.0 Å². The van der Waals surface area contributed by atoms with Crippen molar-refractivity contribution in [3.8, 4) is 0 Å². The van der Waals surface area contributed by atoms with Crippen LogP contribution in [0, 0.1) is 28.6 Å². The molecule has 0 bridgehead atoms. The normalized spacial score (nSPS) is 44.4. The topological polar surface area (TPSA) is 75.6 Å². The maximum absolute atomic E-state index is 12.5. The number of amides is 1. The van der Waals surface area contributed by atoms with Crippen LogP contribution in [0.15, 0.2) is 0 Å². The van der Waals surface area contributed by atoms with Gasteiger partial charge < -0.3 is 15.2 Å². The molecule has 3 unspecified atom stereocenters. The summed E-state index contributed by atoms with van der Waals surface area (Å²) in [5.74, 6) is -1.39. The highest BCUT2D eigenvalue weighted by molar-refractivity contribution is 5.92. The first-order valence-electron chi connectivity index (χ1n) is 8.04. The average Bonchev–Trinajstić information content (AvgIpc) is 2.71. The Labute approximate surface area is 124 Å². The summed E-state index contributed by atoms with van der Waals surface area (Å²) in [7, 11) is 0. The van der Waals surface area contributed by atoms with Gasteiger partial charge in [0.25, 0.3) is 0 Å². The summed E-state index contributed by atoms with van der Waals surface area (Å²) in [4.78, 5) is 23.8. The van der Waals surface area contributed by atoms with Crippen LogP contribution in [0.4, 0.5) is 0 Å². The van der Waals surface area contributed by atoms with Gasteiger partial charge in [-0.05, 0) is 24.7 Å². The van der Waals surface area contributed by atoms with Crippen molar-refractivity contribution in [3.05, 3.63) is 0 Å². The Morgan fingerprint density at radius 2 is 1.95 bits per heavy atom. The number of aliphatic carboxylic acids is 1. The van der Waals surface area contributed by atoms with Gasteiger partial charge in [0.05, 0.1) is 17.9 Å². The van der Waals surface area contributed by atoms with Crippen molar-refractivity contribution in [2.75, 3.05) is 6.61 Å². The molecule has 4 fully saturated rings. The maximum Gasteiger partial charge on any atom is 0.307 e. The average molecular weight is 293 g/mol. The van der Waals surface area contributed by atoms with Gasteiger partial charge in [0.1, 0.15) is 0 Å². The third-order valence-corrected chi connectivity index (χ3v) is 6.71. The fourth-order valence-electron chi connectivity index (χ4n) is 5.29. The van der Waals surface area contributed by atoms with Crippen LogP contribution < -0.4 is 5.32 Å². The predicted octanol–water partition coefficient (Wildman–Crippen LogP) is 1.42. The molecule has 0 aromatic heterocycles. The minimum atomic E-state index is -0.853. The van der Waals surface area contributed by atoms with Crippen LogP contribution in [0.3, 0.4) is 0 Å². The van der Waals surface area contributed by atoms with Crippen LogP contribution in [0.2, 0.25) is 0 Å². The van der Waals surface area contributed by atoms with E-state index in [2.05, 4.69) is 5.32 Å². The number of nitrogens with one attached hydrogen (secondary N) is 1. The monoisotopic (exact) mass is 293 g/mol. The van der Waals surface area contributed by atoms with Gasteiger partial charge in [0.15, 0.2) is 0 Å². The number of fused-ring (bicyclic) bond motifs is 2. The summed E-state index contributed by atoms with van der Waals surface area (Å²) < 4.78 is 5.85. The van der Waals surface area contributed by atoms with Crippen LogP contribution in [0.1, 0.15) is 39.5 Å². The Balaban J connectivity index is 1.47. The molecule has 2 N–H and O–H groups in total. The van der Waals surface area contributed by atoms with Gasteiger partial charge in [-0.2, -0.15) is 0 Å². The number of hydrogen-bond donors (Lipinski definition) is 2. The molecule has 0 radical (unpaired) electrons. The standard InChI is InChI=1S/C16H23NO4/c1-15(2)9(10(15)14(19)20)13(18)17-11-8-4-7-21-12(8)16(11)5-3-6-16/h8-12H,3-7H2,1-2H3,(H,17,18)(H,19,20)/t8?,9-,10+,11?,12?/m1/s1. The van der Waals surface area contributed by atoms with Gasteiger partial charge in [-0.1, -0.05) is 20.3 Å². The Hall–Kier alpha value is -1.10. The van der Waals surface area contributed by atoms with Crippen molar-refractivity contribution in [1.29, 1.82) is 0 Å². The van der Waals surface area contributed by atoms with Crippen LogP contribution >= 0.6 is 0 Å². The Bertz CT molecular complexity index is 510. The van der Waals surface area contributed by atoms with Crippen LogP contribution in [0.25, 0.3) is 0 Å². The first kappa shape index (κ1) is 13.6. The van der Waals surface area contributed by atoms with E-state index in [4.69, 9.17) is 4.74 Å². The van der Waals surface area contributed by atoms with E-state index in [0.717, 1.165) is 25.9 Å². The van der Waals surface area contributed by atoms with Crippen molar-refractivity contribution >= 4 is 11.9 Å². The second-order valence-electron chi connectivity index (χ2n) is 7.93. The summed E-state index contributed by atoms with van der Waals surface area (Å²) in [6.45, 7) is 4.55. The lowest BCUT2D eigenvalue weighted by Crippen LogP contribution is -2.71. The summed E-state index contributed by atoms with van der Waals surface area (Å²) >= 11 is 0. The van der Waals surface area contributed by atoms with Crippen LogP contribution in [0.5, 0.6) is 0 Å². The zero-order valence-corrected chi connectivity index (χ0v) is 12.6. The molecule has 21 heavy (non-hydrogen) atoms. The molecule has 5 nitrogen and oxygen atoms in total. The van der Waals surface area contributed by atoms with Crippen LogP contribution in [-0.2, 0) is 14.3 Å². The summed E-state index contributed by atoms with van der Waals surface area (Å²) in [5.41, 5.74) is -0.257. The molecule has 1 aliphatic heterocycles. The third kappa shape index (κ3) is 1.56. The second kappa shape index (κ2) is 4.00. The molecule has 4 aliphatic rings. The van der Waals surface area contributed by atoms with Crippen molar-refractivity contribution < 1.29 is 19.4 Å². The molecule has 1 heterocycles. The van der Waals surface area contributed by atoms with Crippen LogP contribution in [-0.4, -0.2) is 35.7 Å². The summed E-state index contributed by atoms with van der Waals surface area (Å²) in [6.07, 6.45) is 4.84. The number of rotatable bonds is 3. The molecule has 1 amide bonds. The lowest BCUT2D eigenvalue weighted by atomic mass is 9.46. The van der Waals surface area contributed by atoms with E-state index in [1.54, 1.807) is 0 Å². The molecular formula is C16H23NO4. The van der Waals surface area contributed by atoms with Gasteiger partial charge in [-0.25, -0.2) is 0 Å². The predicted molar refractivity (Wildman–Crippen MR) is 74.5 cm³/mol. The van der Waals surface area contributed by atoms with Gasteiger partial charge >= 0.3 is 5.97 Å². The second-order valence-corrected chi connectivity index (χ2v) is 7.93. The van der Waals surface area contributed by atoms with Gasteiger partial charge in [0, 0.05) is 24.0 Å². The van der Waals surface area contributed by atoms with E-state index >= 15 is 0 Å². The summed E-state index contributed by atoms with van der Waals surface area (Å²) in [6, 6.07) is 0.206. The molecule has 116 valence electrons. The molecule has 0 aromatic rings. The minimum absolute atomic E-state index is 0.0611. The van der Waals surface area contributed by atoms with Crippen molar-refractivity contribution in [1.82, 2.24) is 5.32 Å². The Morgan fingerprint density at radius 3 is 2.48 bits per heavy atom. The molecule has 5 heteroatoms. The number of hydrogen-bond acceptors (Lipinski definition) is 3. The summed E-state index contributed by atoms with van der Waals surface area (Å²) in [5, 5.41) is 12.4. The number of carbonyl (C=O) groups excluding carboxylic acids is 1. The van der Waals surface area contributed by atoms with E-state index < -0.39 is 17.3 Å². The van der Waals surface area contributed by atoms with E-state index in [1.165, 1.54) is 6.42 Å². The quantitative estimate of drug-likeness (QED) is 0.825. The van der Waals surface area contributed by atoms with Crippen molar-refractivity contribution in [2.45, 2.75) is 51.7 Å². The molecule has 0 aromatic carbocycles. The fourth-order valence-corrected chi connectivity index (χ4v) is 5.29. The first-order chi connectivity index (χ1) is 9.89. The number of carboxylic acid groups (broad SMARTS) is 1. The smallest absolute Gasteiger partial charge is 0.307 e. The van der Waals surface area contributed by atoms with E-state index in [9.17, 15) is 14.7 Å². The molecule has 1 spiro atoms. The van der Waals surface area contributed by atoms with E-state index in [-0.39, 0.29) is 23.3 Å². The van der Waals surface area contributed by atoms with Gasteiger partial charge in [0.2, 0.25) is 5.91 Å². The maximum atomic E-state index is 12.5. The fraction of sp³-hybridized carbons (Fsp3) is 0.875. The number of carbonyl (C=O) groups is 2. The zero-order valence-electron chi connectivity index (χ0n) is 12.6. The highest BCUT2D eigenvalue weighted by Gasteiger charge is 2.70. The van der Waals surface area contributed by atoms with Crippen molar-refractivity contribution in [2.24, 2.45) is 28.6 Å². The highest BCUT2D eigenvalue weighted by Crippen LogP contribution is 2.64. The minimum Gasteiger partial charge on any atom is -0.481 e. The largest absolute Gasteiger partial charge is 0.481 e. The lowest BCUT2D eigenvalue weighted by Gasteiger charge is -2.63. The van der Waals surface area contributed by atoms with E-state index in [1.807, 2.05) is 13.8 Å². The Morgan fingerprint density at radius 1 is 1.24 bits per heavy atom. The zero-order chi connectivity index (χ0) is 15.0. The highest BCUT2D eigenvalue weighted by atomic mass is 16.5. The number of carboxylic acids is 1. The lowest BCUT2D eigenvalue weighted by molar-refractivity contribution is -0.179.